The van der Waals surface area contributed by atoms with Crippen LogP contribution in [-0.4, -0.2) is 37.7 Å². The SMILES string of the molecule is C[C@@]1(CC(=O)O)C[C@H](c2cccc(Cl)c2)[C@H](C[C@@](NS(C)(=O)=O)(c2ccc(Cl)cc2)C2CC2)NC1=O. The third-order valence-electron chi connectivity index (χ3n) is 7.38. The Morgan fingerprint density at radius 1 is 1.17 bits per heavy atom. The quantitative estimate of drug-likeness (QED) is 0.417. The first-order valence-electron chi connectivity index (χ1n) is 11.8. The van der Waals surface area contributed by atoms with Gasteiger partial charge in [-0.15, -0.1) is 0 Å². The van der Waals surface area contributed by atoms with Gasteiger partial charge in [0.25, 0.3) is 0 Å². The van der Waals surface area contributed by atoms with Gasteiger partial charge in [0.1, 0.15) is 0 Å². The number of aliphatic carboxylic acids is 1. The molecule has 1 aliphatic heterocycles. The van der Waals surface area contributed by atoms with Crippen molar-refractivity contribution in [1.29, 1.82) is 0 Å². The Morgan fingerprint density at radius 2 is 1.83 bits per heavy atom. The molecule has 1 heterocycles. The van der Waals surface area contributed by atoms with Crippen molar-refractivity contribution < 1.29 is 23.1 Å². The number of benzene rings is 2. The largest absolute Gasteiger partial charge is 0.481 e. The first-order valence-corrected chi connectivity index (χ1v) is 14.5. The standard InChI is InChI=1S/C26H30Cl2N2O5S/c1-25(15-23(31)32)13-21(16-4-3-5-20(28)12-16)22(29-24(25)33)14-26(17-6-7-17,30-36(2,34)35)18-8-10-19(27)11-9-18/h3-5,8-12,17,21-22,30H,6-7,13-15H2,1-2H3,(H,29,33)(H,31,32)/t21-,22+,25+,26+/m1/s1. The van der Waals surface area contributed by atoms with E-state index < -0.39 is 33.0 Å². The fourth-order valence-corrected chi connectivity index (χ4v) is 6.99. The van der Waals surface area contributed by atoms with Crippen LogP contribution in [0.2, 0.25) is 10.0 Å². The van der Waals surface area contributed by atoms with Crippen LogP contribution in [0.1, 0.15) is 56.1 Å². The van der Waals surface area contributed by atoms with E-state index in [1.54, 1.807) is 25.1 Å². The van der Waals surface area contributed by atoms with Crippen LogP contribution in [-0.2, 0) is 25.2 Å². The van der Waals surface area contributed by atoms with Crippen molar-refractivity contribution in [1.82, 2.24) is 10.0 Å². The summed E-state index contributed by atoms with van der Waals surface area (Å²) in [5.41, 5.74) is -0.447. The fourth-order valence-electron chi connectivity index (χ4n) is 5.64. The summed E-state index contributed by atoms with van der Waals surface area (Å²) in [6, 6.07) is 14.0. The molecule has 4 rings (SSSR count). The third-order valence-corrected chi connectivity index (χ3v) is 8.60. The van der Waals surface area contributed by atoms with Gasteiger partial charge < -0.3 is 10.4 Å². The van der Waals surface area contributed by atoms with E-state index in [9.17, 15) is 23.1 Å². The first kappa shape index (κ1) is 26.9. The molecule has 0 aromatic heterocycles. The zero-order valence-corrected chi connectivity index (χ0v) is 22.5. The van der Waals surface area contributed by atoms with E-state index in [-0.39, 0.29) is 30.6 Å². The molecule has 2 aromatic carbocycles. The van der Waals surface area contributed by atoms with Crippen LogP contribution < -0.4 is 10.0 Å². The van der Waals surface area contributed by atoms with E-state index in [0.717, 1.165) is 30.2 Å². The van der Waals surface area contributed by atoms with Crippen LogP contribution in [0.3, 0.4) is 0 Å². The molecule has 36 heavy (non-hydrogen) atoms. The summed E-state index contributed by atoms with van der Waals surface area (Å²) in [7, 11) is -3.63. The molecule has 0 spiro atoms. The highest BCUT2D eigenvalue weighted by atomic mass is 35.5. The van der Waals surface area contributed by atoms with E-state index >= 15 is 0 Å². The Balaban J connectivity index is 1.80. The topological polar surface area (TPSA) is 113 Å². The maximum absolute atomic E-state index is 13.3. The number of carboxylic acids is 1. The molecule has 194 valence electrons. The number of piperidine rings is 1. The molecule has 1 saturated heterocycles. The second kappa shape index (κ2) is 9.97. The summed E-state index contributed by atoms with van der Waals surface area (Å²) < 4.78 is 28.2. The number of sulfonamides is 1. The average molecular weight is 554 g/mol. The molecular weight excluding hydrogens is 523 g/mol. The lowest BCUT2D eigenvalue weighted by atomic mass is 9.66. The van der Waals surface area contributed by atoms with Crippen LogP contribution in [0.4, 0.5) is 0 Å². The number of rotatable bonds is 9. The second-order valence-electron chi connectivity index (χ2n) is 10.4. The molecule has 0 radical (unpaired) electrons. The molecule has 10 heteroatoms. The van der Waals surface area contributed by atoms with Crippen molar-refractivity contribution in [2.75, 3.05) is 6.26 Å². The average Bonchev–Trinajstić information content (AvgIpc) is 3.61. The number of carbonyl (C=O) groups excluding carboxylic acids is 1. The number of carboxylic acid groups (broad SMARTS) is 1. The summed E-state index contributed by atoms with van der Waals surface area (Å²) in [6.45, 7) is 1.66. The lowest BCUT2D eigenvalue weighted by Crippen LogP contribution is -2.58. The van der Waals surface area contributed by atoms with Gasteiger partial charge in [-0.1, -0.05) is 54.4 Å². The molecule has 2 fully saturated rings. The maximum Gasteiger partial charge on any atom is 0.304 e. The minimum atomic E-state index is -3.63. The molecule has 7 nitrogen and oxygen atoms in total. The Hall–Kier alpha value is -2.13. The van der Waals surface area contributed by atoms with Gasteiger partial charge in [0, 0.05) is 22.0 Å². The summed E-state index contributed by atoms with van der Waals surface area (Å²) in [6.07, 6.45) is 3.08. The summed E-state index contributed by atoms with van der Waals surface area (Å²) in [4.78, 5) is 24.9. The second-order valence-corrected chi connectivity index (χ2v) is 13.0. The molecule has 1 aliphatic carbocycles. The Morgan fingerprint density at radius 3 is 2.39 bits per heavy atom. The lowest BCUT2D eigenvalue weighted by Gasteiger charge is -2.46. The molecule has 1 amide bonds. The van der Waals surface area contributed by atoms with Crippen molar-refractivity contribution in [3.8, 4) is 0 Å². The van der Waals surface area contributed by atoms with Crippen molar-refractivity contribution in [3.63, 3.8) is 0 Å². The highest BCUT2D eigenvalue weighted by Crippen LogP contribution is 2.52. The van der Waals surface area contributed by atoms with Gasteiger partial charge in [0.15, 0.2) is 0 Å². The molecule has 3 N–H and O–H groups in total. The van der Waals surface area contributed by atoms with Gasteiger partial charge in [-0.25, -0.2) is 13.1 Å². The Bertz CT molecular complexity index is 1270. The number of hydrogen-bond donors (Lipinski definition) is 3. The van der Waals surface area contributed by atoms with Gasteiger partial charge in [-0.3, -0.25) is 9.59 Å². The molecule has 0 bridgehead atoms. The van der Waals surface area contributed by atoms with Gasteiger partial charge in [-0.2, -0.15) is 0 Å². The van der Waals surface area contributed by atoms with Crippen LogP contribution in [0.15, 0.2) is 48.5 Å². The lowest BCUT2D eigenvalue weighted by molar-refractivity contribution is -0.147. The Labute approximate surface area is 221 Å². The van der Waals surface area contributed by atoms with Gasteiger partial charge in [-0.05, 0) is 67.0 Å². The van der Waals surface area contributed by atoms with Crippen molar-refractivity contribution in [2.24, 2.45) is 11.3 Å². The fraction of sp³-hybridized carbons (Fsp3) is 0.462. The van der Waals surface area contributed by atoms with Crippen molar-refractivity contribution in [2.45, 2.75) is 56.5 Å². The normalized spacial score (nSPS) is 26.2. The monoisotopic (exact) mass is 552 g/mol. The van der Waals surface area contributed by atoms with E-state index in [2.05, 4.69) is 10.0 Å². The van der Waals surface area contributed by atoms with Crippen LogP contribution in [0.25, 0.3) is 0 Å². The minimum Gasteiger partial charge on any atom is -0.481 e. The predicted molar refractivity (Wildman–Crippen MR) is 140 cm³/mol. The number of amides is 1. The third kappa shape index (κ3) is 5.88. The maximum atomic E-state index is 13.3. The summed E-state index contributed by atoms with van der Waals surface area (Å²) in [5, 5.41) is 13.6. The van der Waals surface area contributed by atoms with Gasteiger partial charge in [0.2, 0.25) is 15.9 Å². The van der Waals surface area contributed by atoms with E-state index in [0.29, 0.717) is 16.5 Å². The molecular formula is C26H30Cl2N2O5S. The molecule has 1 saturated carbocycles. The van der Waals surface area contributed by atoms with Gasteiger partial charge in [0.05, 0.1) is 23.6 Å². The number of hydrogen-bond acceptors (Lipinski definition) is 4. The minimum absolute atomic E-state index is 0.0395. The van der Waals surface area contributed by atoms with Crippen molar-refractivity contribution >= 4 is 45.1 Å². The zero-order chi connectivity index (χ0) is 26.3. The summed E-state index contributed by atoms with van der Waals surface area (Å²) in [5.74, 6) is -1.65. The Kier molecular flexibility index (Phi) is 7.45. The molecule has 2 aromatic rings. The van der Waals surface area contributed by atoms with E-state index in [4.69, 9.17) is 23.2 Å². The highest BCUT2D eigenvalue weighted by molar-refractivity contribution is 7.88. The van der Waals surface area contributed by atoms with Crippen molar-refractivity contribution in [3.05, 3.63) is 69.7 Å². The predicted octanol–water partition coefficient (Wildman–Crippen LogP) is 4.69. The van der Waals surface area contributed by atoms with E-state index in [1.165, 1.54) is 0 Å². The van der Waals surface area contributed by atoms with E-state index in [1.807, 2.05) is 30.3 Å². The van der Waals surface area contributed by atoms with Crippen LogP contribution in [0, 0.1) is 11.3 Å². The van der Waals surface area contributed by atoms with Crippen LogP contribution in [0.5, 0.6) is 0 Å². The highest BCUT2D eigenvalue weighted by Gasteiger charge is 2.53. The molecule has 0 unspecified atom stereocenters. The number of halogens is 2. The first-order chi connectivity index (χ1) is 16.8. The molecule has 4 atom stereocenters. The summed E-state index contributed by atoms with van der Waals surface area (Å²) >= 11 is 12.4. The van der Waals surface area contributed by atoms with Crippen LogP contribution >= 0.6 is 23.2 Å². The smallest absolute Gasteiger partial charge is 0.304 e. The number of nitrogens with one attached hydrogen (secondary N) is 2. The number of carbonyl (C=O) groups is 2. The molecule has 2 aliphatic rings. The van der Waals surface area contributed by atoms with Gasteiger partial charge >= 0.3 is 5.97 Å². The zero-order valence-electron chi connectivity index (χ0n) is 20.1.